The van der Waals surface area contributed by atoms with Crippen LogP contribution in [0.1, 0.15) is 213 Å². The van der Waals surface area contributed by atoms with Gasteiger partial charge in [0.25, 0.3) is 0 Å². The summed E-state index contributed by atoms with van der Waals surface area (Å²) in [7, 11) is 3.62. The lowest BCUT2D eigenvalue weighted by Gasteiger charge is -2.20. The zero-order valence-electron chi connectivity index (χ0n) is 36.2. The summed E-state index contributed by atoms with van der Waals surface area (Å²) < 4.78 is 5.69. The second-order valence-electron chi connectivity index (χ2n) is 16.1. The van der Waals surface area contributed by atoms with E-state index in [1.165, 1.54) is 128 Å². The second kappa shape index (κ2) is 39.1. The highest BCUT2D eigenvalue weighted by Crippen LogP contribution is 2.21. The van der Waals surface area contributed by atoms with Crippen LogP contribution in [0.5, 0.6) is 0 Å². The molecule has 0 rings (SSSR count). The molecule has 9 heteroatoms. The predicted molar refractivity (Wildman–Crippen MR) is 226 cm³/mol. The monoisotopic (exact) mass is 765 g/mol. The van der Waals surface area contributed by atoms with Crippen LogP contribution in [0.25, 0.3) is 0 Å². The molecule has 0 spiro atoms. The van der Waals surface area contributed by atoms with Crippen molar-refractivity contribution in [1.82, 2.24) is 20.9 Å². The lowest BCUT2D eigenvalue weighted by atomic mass is 9.94. The van der Waals surface area contributed by atoms with Crippen LogP contribution in [0.15, 0.2) is 0 Å². The molecule has 0 saturated carbocycles. The van der Waals surface area contributed by atoms with Crippen LogP contribution in [0, 0.1) is 5.92 Å². The standard InChI is InChI=1S/C45H88N4O5/c1-6-9-12-15-17-18-19-20-21-22-23-24-26-29-37-47-44(52)41(48-43(51)39-49(4)5)34-35-42(50)46-36-30-31-38-54-45(53)40(32-27-14-11-8-3)33-28-25-16-13-10-7-2/h40-41H,6-39H2,1-5H3,(H,46,50)(H,47,52)(H,48,51). The Morgan fingerprint density at radius 2 is 0.926 bits per heavy atom. The molecule has 0 radical (unpaired) electrons. The normalized spacial score (nSPS) is 12.4. The van der Waals surface area contributed by atoms with E-state index >= 15 is 0 Å². The fourth-order valence-electron chi connectivity index (χ4n) is 6.93. The van der Waals surface area contributed by atoms with Gasteiger partial charge in [-0.3, -0.25) is 19.2 Å². The van der Waals surface area contributed by atoms with Crippen LogP contribution in [-0.4, -0.2) is 75.0 Å². The first-order valence-electron chi connectivity index (χ1n) is 22.9. The van der Waals surface area contributed by atoms with Crippen molar-refractivity contribution in [3.8, 4) is 0 Å². The first-order chi connectivity index (χ1) is 26.2. The Labute approximate surface area is 333 Å². The summed E-state index contributed by atoms with van der Waals surface area (Å²) in [6.07, 6.45) is 33.6. The molecule has 0 aliphatic carbocycles. The molecule has 2 unspecified atom stereocenters. The Bertz CT molecular complexity index is 899. The number of unbranched alkanes of at least 4 members (excludes halogenated alkanes) is 22. The van der Waals surface area contributed by atoms with Crippen LogP contribution in [0.2, 0.25) is 0 Å². The van der Waals surface area contributed by atoms with Crippen molar-refractivity contribution in [3.05, 3.63) is 0 Å². The van der Waals surface area contributed by atoms with Crippen molar-refractivity contribution in [1.29, 1.82) is 0 Å². The first-order valence-corrected chi connectivity index (χ1v) is 22.9. The Kier molecular flexibility index (Phi) is 37.5. The molecule has 9 nitrogen and oxygen atoms in total. The summed E-state index contributed by atoms with van der Waals surface area (Å²) in [4.78, 5) is 52.8. The molecule has 318 valence electrons. The molecule has 0 aliphatic heterocycles. The zero-order valence-corrected chi connectivity index (χ0v) is 36.2. The summed E-state index contributed by atoms with van der Waals surface area (Å²) in [5.41, 5.74) is 0. The van der Waals surface area contributed by atoms with Crippen LogP contribution >= 0.6 is 0 Å². The minimum Gasteiger partial charge on any atom is -0.465 e. The van der Waals surface area contributed by atoms with Crippen molar-refractivity contribution in [3.63, 3.8) is 0 Å². The second-order valence-corrected chi connectivity index (χ2v) is 16.1. The molecule has 0 bridgehead atoms. The molecular weight excluding hydrogens is 677 g/mol. The maximum absolute atomic E-state index is 13.0. The number of rotatable bonds is 40. The highest BCUT2D eigenvalue weighted by Gasteiger charge is 2.22. The minimum absolute atomic E-state index is 0.00434. The predicted octanol–water partition coefficient (Wildman–Crippen LogP) is 10.2. The van der Waals surface area contributed by atoms with E-state index in [0.29, 0.717) is 32.5 Å². The fourth-order valence-corrected chi connectivity index (χ4v) is 6.93. The quantitative estimate of drug-likeness (QED) is 0.0423. The molecule has 54 heavy (non-hydrogen) atoms. The topological polar surface area (TPSA) is 117 Å². The lowest BCUT2D eigenvalue weighted by molar-refractivity contribution is -0.149. The molecule has 0 aliphatic rings. The van der Waals surface area contributed by atoms with E-state index in [-0.39, 0.29) is 49.0 Å². The molecule has 0 fully saturated rings. The SMILES string of the molecule is CCCCCCCCCCCCCCCCNC(=O)C(CCC(=O)NCCCCOC(=O)C(CCCCCC)CCCCCCCC)NC(=O)CN(C)C. The molecule has 3 N–H and O–H groups in total. The van der Waals surface area contributed by atoms with Gasteiger partial charge in [-0.05, 0) is 52.6 Å². The molecule has 2 atom stereocenters. The number of nitrogens with one attached hydrogen (secondary N) is 3. The van der Waals surface area contributed by atoms with E-state index < -0.39 is 6.04 Å². The number of likely N-dealkylation sites (N-methyl/N-ethyl adjacent to an activating group) is 1. The van der Waals surface area contributed by atoms with Gasteiger partial charge in [0.05, 0.1) is 19.1 Å². The number of ether oxygens (including phenoxy) is 1. The number of carbonyl (C=O) groups is 4. The van der Waals surface area contributed by atoms with Gasteiger partial charge in [0.2, 0.25) is 17.7 Å². The summed E-state index contributed by atoms with van der Waals surface area (Å²) in [5, 5.41) is 8.75. The van der Waals surface area contributed by atoms with E-state index in [4.69, 9.17) is 4.74 Å². The van der Waals surface area contributed by atoms with Gasteiger partial charge in [-0.1, -0.05) is 168 Å². The summed E-state index contributed by atoms with van der Waals surface area (Å²) in [5.74, 6) is -0.678. The van der Waals surface area contributed by atoms with Crippen LogP contribution < -0.4 is 16.0 Å². The van der Waals surface area contributed by atoms with Gasteiger partial charge in [-0.2, -0.15) is 0 Å². The lowest BCUT2D eigenvalue weighted by Crippen LogP contribution is -2.49. The van der Waals surface area contributed by atoms with Crippen molar-refractivity contribution < 1.29 is 23.9 Å². The van der Waals surface area contributed by atoms with E-state index in [9.17, 15) is 19.2 Å². The number of hydrogen-bond acceptors (Lipinski definition) is 6. The van der Waals surface area contributed by atoms with Crippen LogP contribution in [0.3, 0.4) is 0 Å². The number of nitrogens with zero attached hydrogens (tertiary/aromatic N) is 1. The number of amides is 3. The third kappa shape index (κ3) is 34.3. The number of carbonyl (C=O) groups excluding carboxylic acids is 4. The third-order valence-corrected chi connectivity index (χ3v) is 10.4. The minimum atomic E-state index is -0.750. The Morgan fingerprint density at radius 3 is 1.43 bits per heavy atom. The Balaban J connectivity index is 4.37. The molecule has 0 aromatic rings. The summed E-state index contributed by atoms with van der Waals surface area (Å²) in [6.45, 7) is 8.31. The van der Waals surface area contributed by atoms with Crippen molar-refractivity contribution >= 4 is 23.7 Å². The number of esters is 1. The van der Waals surface area contributed by atoms with Crippen molar-refractivity contribution in [2.45, 2.75) is 219 Å². The Morgan fingerprint density at radius 1 is 0.500 bits per heavy atom. The fraction of sp³-hybridized carbons (Fsp3) is 0.911. The van der Waals surface area contributed by atoms with Gasteiger partial charge in [0.1, 0.15) is 6.04 Å². The van der Waals surface area contributed by atoms with E-state index in [2.05, 4.69) is 36.7 Å². The van der Waals surface area contributed by atoms with Gasteiger partial charge in [0, 0.05) is 19.5 Å². The van der Waals surface area contributed by atoms with Gasteiger partial charge in [-0.15, -0.1) is 0 Å². The zero-order chi connectivity index (χ0) is 39.9. The van der Waals surface area contributed by atoms with Crippen molar-refractivity contribution in [2.24, 2.45) is 5.92 Å². The molecular formula is C45H88N4O5. The van der Waals surface area contributed by atoms with Gasteiger partial charge in [-0.25, -0.2) is 0 Å². The Hall–Kier alpha value is -2.16. The molecule has 0 aromatic heterocycles. The molecule has 3 amide bonds. The molecule has 0 heterocycles. The van der Waals surface area contributed by atoms with E-state index in [0.717, 1.165) is 38.5 Å². The highest BCUT2D eigenvalue weighted by molar-refractivity contribution is 5.89. The van der Waals surface area contributed by atoms with Gasteiger partial charge in [0.15, 0.2) is 0 Å². The summed E-state index contributed by atoms with van der Waals surface area (Å²) in [6, 6.07) is -0.750. The largest absolute Gasteiger partial charge is 0.465 e. The molecule has 0 aromatic carbocycles. The summed E-state index contributed by atoms with van der Waals surface area (Å²) >= 11 is 0. The van der Waals surface area contributed by atoms with E-state index in [1.807, 2.05) is 14.1 Å². The van der Waals surface area contributed by atoms with Gasteiger partial charge < -0.3 is 25.6 Å². The smallest absolute Gasteiger partial charge is 0.308 e. The third-order valence-electron chi connectivity index (χ3n) is 10.4. The maximum atomic E-state index is 13.0. The highest BCUT2D eigenvalue weighted by atomic mass is 16.5. The van der Waals surface area contributed by atoms with Crippen LogP contribution in [0.4, 0.5) is 0 Å². The van der Waals surface area contributed by atoms with E-state index in [1.54, 1.807) is 4.90 Å². The first kappa shape index (κ1) is 51.8. The molecule has 0 saturated heterocycles. The van der Waals surface area contributed by atoms with Crippen LogP contribution in [-0.2, 0) is 23.9 Å². The van der Waals surface area contributed by atoms with Crippen molar-refractivity contribution in [2.75, 3.05) is 40.3 Å². The number of hydrogen-bond donors (Lipinski definition) is 3. The maximum Gasteiger partial charge on any atom is 0.308 e. The average molecular weight is 765 g/mol. The average Bonchev–Trinajstić information content (AvgIpc) is 3.14. The van der Waals surface area contributed by atoms with Gasteiger partial charge >= 0.3 is 5.97 Å².